The van der Waals surface area contributed by atoms with Crippen molar-refractivity contribution in [3.63, 3.8) is 0 Å². The lowest BCUT2D eigenvalue weighted by Gasteiger charge is -2.34. The van der Waals surface area contributed by atoms with Crippen LogP contribution in [-0.2, 0) is 28.3 Å². The van der Waals surface area contributed by atoms with Crippen LogP contribution in [0.1, 0.15) is 22.3 Å². The van der Waals surface area contributed by atoms with Gasteiger partial charge >= 0.3 is 18.3 Å². The monoisotopic (exact) mass is 567 g/mol. The second-order valence-electron chi connectivity index (χ2n) is 9.59. The molecule has 12 heteroatoms. The van der Waals surface area contributed by atoms with Crippen LogP contribution in [0.3, 0.4) is 0 Å². The average molecular weight is 568 g/mol. The number of aromatic nitrogens is 1. The lowest BCUT2D eigenvalue weighted by molar-refractivity contribution is -0.376. The SMILES string of the molecule is Cc1cc(COC(=O)C2CNCCN2Cc2ccncc2)ccc1-c1ccc(C(O)(C(F)(F)F)C(F)(F)F)cc1. The molecule has 0 saturated carbocycles. The Morgan fingerprint density at radius 1 is 1.00 bits per heavy atom. The Kier molecular flexibility index (Phi) is 8.52. The molecule has 6 nitrogen and oxygen atoms in total. The standard InChI is InChI=1S/C28H27F6N3O3/c1-18-14-20(17-40-25(38)24-15-36-12-13-37(24)16-19-8-10-35-11-9-19)2-7-23(18)21-3-5-22(6-4-21)26(39,27(29,30)31)28(32,33)34/h2-11,14,24,36,39H,12-13,15-17H2,1H3. The summed E-state index contributed by atoms with van der Waals surface area (Å²) in [6.45, 7) is 4.12. The summed E-state index contributed by atoms with van der Waals surface area (Å²) in [6, 6.07) is 11.7. The van der Waals surface area contributed by atoms with Gasteiger partial charge in [-0.1, -0.05) is 42.5 Å². The summed E-state index contributed by atoms with van der Waals surface area (Å²) in [5.41, 5.74) is -3.03. The second kappa shape index (κ2) is 11.6. The lowest BCUT2D eigenvalue weighted by Crippen LogP contribution is -2.54. The van der Waals surface area contributed by atoms with E-state index in [1.165, 1.54) is 0 Å². The van der Waals surface area contributed by atoms with Gasteiger partial charge in [-0.15, -0.1) is 0 Å². The fourth-order valence-corrected chi connectivity index (χ4v) is 4.66. The molecule has 1 atom stereocenters. The number of rotatable bonds is 7. The number of halogens is 6. The Balaban J connectivity index is 1.44. The number of alkyl halides is 6. The second-order valence-corrected chi connectivity index (χ2v) is 9.59. The van der Waals surface area contributed by atoms with E-state index >= 15 is 0 Å². The number of nitrogens with one attached hydrogen (secondary N) is 1. The van der Waals surface area contributed by atoms with Gasteiger partial charge in [0.05, 0.1) is 0 Å². The van der Waals surface area contributed by atoms with Gasteiger partial charge in [-0.25, -0.2) is 0 Å². The van der Waals surface area contributed by atoms with Crippen LogP contribution in [0.2, 0.25) is 0 Å². The molecule has 2 aromatic carbocycles. The quantitative estimate of drug-likeness (QED) is 0.313. The molecule has 214 valence electrons. The summed E-state index contributed by atoms with van der Waals surface area (Å²) in [7, 11) is 0. The van der Waals surface area contributed by atoms with E-state index in [9.17, 15) is 36.2 Å². The van der Waals surface area contributed by atoms with E-state index in [1.807, 2.05) is 17.0 Å². The number of ether oxygens (including phenoxy) is 1. The predicted octanol–water partition coefficient (Wildman–Crippen LogP) is 4.89. The smallest absolute Gasteiger partial charge is 0.430 e. The number of hydrogen-bond donors (Lipinski definition) is 2. The summed E-state index contributed by atoms with van der Waals surface area (Å²) in [5.74, 6) is -0.389. The molecule has 0 amide bonds. The van der Waals surface area contributed by atoms with Crippen LogP contribution in [0.25, 0.3) is 11.1 Å². The molecule has 1 saturated heterocycles. The number of pyridine rings is 1. The molecule has 2 N–H and O–H groups in total. The molecule has 3 aromatic rings. The summed E-state index contributed by atoms with van der Waals surface area (Å²) < 4.78 is 84.6. The number of nitrogens with zero attached hydrogens (tertiary/aromatic N) is 2. The van der Waals surface area contributed by atoms with Crippen LogP contribution in [0.4, 0.5) is 26.3 Å². The number of esters is 1. The zero-order valence-electron chi connectivity index (χ0n) is 21.4. The van der Waals surface area contributed by atoms with Crippen molar-refractivity contribution in [2.24, 2.45) is 0 Å². The fourth-order valence-electron chi connectivity index (χ4n) is 4.66. The minimum Gasteiger partial charge on any atom is -0.460 e. The maximum absolute atomic E-state index is 13.2. The van der Waals surface area contributed by atoms with E-state index in [2.05, 4.69) is 10.3 Å². The topological polar surface area (TPSA) is 74.7 Å². The molecule has 1 unspecified atom stereocenters. The maximum Gasteiger partial charge on any atom is 0.430 e. The van der Waals surface area contributed by atoms with Crippen LogP contribution in [0, 0.1) is 6.92 Å². The van der Waals surface area contributed by atoms with Crippen molar-refractivity contribution in [3.05, 3.63) is 89.2 Å². The van der Waals surface area contributed by atoms with Crippen molar-refractivity contribution in [3.8, 4) is 11.1 Å². The van der Waals surface area contributed by atoms with Gasteiger partial charge in [-0.05, 0) is 46.9 Å². The van der Waals surface area contributed by atoms with E-state index in [1.54, 1.807) is 37.5 Å². The maximum atomic E-state index is 13.2. The molecular weight excluding hydrogens is 540 g/mol. The van der Waals surface area contributed by atoms with Gasteiger partial charge < -0.3 is 15.2 Å². The number of carbonyl (C=O) groups excluding carboxylic acids is 1. The predicted molar refractivity (Wildman–Crippen MR) is 134 cm³/mol. The normalized spacial score (nSPS) is 17.1. The summed E-state index contributed by atoms with van der Waals surface area (Å²) in [5, 5.41) is 12.8. The van der Waals surface area contributed by atoms with E-state index in [-0.39, 0.29) is 12.6 Å². The molecule has 1 aliphatic heterocycles. The summed E-state index contributed by atoms with van der Waals surface area (Å²) >= 11 is 0. The fraction of sp³-hybridized carbons (Fsp3) is 0.357. The third-order valence-electron chi connectivity index (χ3n) is 6.87. The van der Waals surface area contributed by atoms with Crippen LogP contribution < -0.4 is 5.32 Å². The molecule has 0 radical (unpaired) electrons. The first kappa shape index (κ1) is 29.5. The molecular formula is C28H27F6N3O3. The lowest BCUT2D eigenvalue weighted by atomic mass is 9.90. The van der Waals surface area contributed by atoms with Gasteiger partial charge in [0.2, 0.25) is 0 Å². The van der Waals surface area contributed by atoms with Crippen LogP contribution in [0.5, 0.6) is 0 Å². The molecule has 2 heterocycles. The first-order chi connectivity index (χ1) is 18.8. The van der Waals surface area contributed by atoms with Crippen LogP contribution in [0.15, 0.2) is 67.0 Å². The Bertz CT molecular complexity index is 1300. The molecule has 0 aliphatic carbocycles. The first-order valence-electron chi connectivity index (χ1n) is 12.4. The van der Waals surface area contributed by atoms with E-state index < -0.39 is 29.6 Å². The Hall–Kier alpha value is -3.48. The van der Waals surface area contributed by atoms with E-state index in [0.717, 1.165) is 24.2 Å². The highest BCUT2D eigenvalue weighted by Gasteiger charge is 2.71. The summed E-state index contributed by atoms with van der Waals surface area (Å²) in [6.07, 6.45) is -8.52. The van der Waals surface area contributed by atoms with Crippen molar-refractivity contribution in [1.82, 2.24) is 15.2 Å². The molecule has 1 fully saturated rings. The van der Waals surface area contributed by atoms with Crippen molar-refractivity contribution in [2.45, 2.75) is 44.1 Å². The summed E-state index contributed by atoms with van der Waals surface area (Å²) in [4.78, 5) is 18.9. The van der Waals surface area contributed by atoms with E-state index in [4.69, 9.17) is 4.74 Å². The zero-order chi connectivity index (χ0) is 29.1. The van der Waals surface area contributed by atoms with Gasteiger partial charge in [0.15, 0.2) is 0 Å². The largest absolute Gasteiger partial charge is 0.460 e. The van der Waals surface area contributed by atoms with Crippen molar-refractivity contribution < 1.29 is 41.0 Å². The third-order valence-corrected chi connectivity index (χ3v) is 6.87. The van der Waals surface area contributed by atoms with Gasteiger partial charge in [0, 0.05) is 44.1 Å². The van der Waals surface area contributed by atoms with Gasteiger partial charge in [0.1, 0.15) is 12.6 Å². The highest BCUT2D eigenvalue weighted by Crippen LogP contribution is 2.50. The van der Waals surface area contributed by atoms with Gasteiger partial charge in [0.25, 0.3) is 5.60 Å². The number of carbonyl (C=O) groups is 1. The van der Waals surface area contributed by atoms with Crippen LogP contribution in [-0.4, -0.2) is 59.0 Å². The Labute approximate surface area is 226 Å². The number of hydrogen-bond acceptors (Lipinski definition) is 6. The zero-order valence-corrected chi connectivity index (χ0v) is 21.4. The van der Waals surface area contributed by atoms with Crippen molar-refractivity contribution in [2.75, 3.05) is 19.6 Å². The number of aliphatic hydroxyl groups is 1. The van der Waals surface area contributed by atoms with Gasteiger partial charge in [-0.3, -0.25) is 14.7 Å². The van der Waals surface area contributed by atoms with Crippen LogP contribution >= 0.6 is 0 Å². The van der Waals surface area contributed by atoms with Crippen molar-refractivity contribution in [1.29, 1.82) is 0 Å². The minimum absolute atomic E-state index is 0.0112. The number of benzene rings is 2. The first-order valence-corrected chi connectivity index (χ1v) is 12.4. The Morgan fingerprint density at radius 2 is 1.65 bits per heavy atom. The molecule has 0 bridgehead atoms. The molecule has 0 spiro atoms. The van der Waals surface area contributed by atoms with Crippen molar-refractivity contribution >= 4 is 5.97 Å². The average Bonchev–Trinajstić information content (AvgIpc) is 2.91. The molecule has 1 aliphatic rings. The van der Waals surface area contributed by atoms with E-state index in [0.29, 0.717) is 54.0 Å². The number of piperazine rings is 1. The molecule has 1 aromatic heterocycles. The Morgan fingerprint density at radius 3 is 2.25 bits per heavy atom. The molecule has 4 rings (SSSR count). The highest BCUT2D eigenvalue weighted by molar-refractivity contribution is 5.76. The number of aryl methyl sites for hydroxylation is 1. The highest BCUT2D eigenvalue weighted by atomic mass is 19.4. The third kappa shape index (κ3) is 6.13. The molecule has 40 heavy (non-hydrogen) atoms. The van der Waals surface area contributed by atoms with Gasteiger partial charge in [-0.2, -0.15) is 26.3 Å². The minimum atomic E-state index is -5.95.